The Morgan fingerprint density at radius 1 is 1.30 bits per heavy atom. The van der Waals surface area contributed by atoms with Gasteiger partial charge in [-0.3, -0.25) is 9.89 Å². The zero-order chi connectivity index (χ0) is 16.2. The third-order valence-electron chi connectivity index (χ3n) is 3.60. The van der Waals surface area contributed by atoms with Crippen molar-refractivity contribution >= 4 is 29.9 Å². The maximum atomic E-state index is 4.60. The molecule has 1 aromatic rings. The molecule has 2 N–H and O–H groups in total. The van der Waals surface area contributed by atoms with Crippen molar-refractivity contribution in [1.82, 2.24) is 15.5 Å². The summed E-state index contributed by atoms with van der Waals surface area (Å²) in [6.07, 6.45) is 2.87. The number of nitrogens with zero attached hydrogens (tertiary/aromatic N) is 2. The van der Waals surface area contributed by atoms with Crippen LogP contribution in [0, 0.1) is 0 Å². The molecule has 23 heavy (non-hydrogen) atoms. The molecular formula is C18H31IN4. The van der Waals surface area contributed by atoms with Crippen LogP contribution in [0.15, 0.2) is 48.0 Å². The van der Waals surface area contributed by atoms with Gasteiger partial charge in [0.15, 0.2) is 5.96 Å². The van der Waals surface area contributed by atoms with E-state index in [9.17, 15) is 0 Å². The fourth-order valence-corrected chi connectivity index (χ4v) is 2.12. The molecule has 1 rings (SSSR count). The number of benzene rings is 1. The third kappa shape index (κ3) is 9.61. The predicted octanol–water partition coefficient (Wildman–Crippen LogP) is 3.26. The predicted molar refractivity (Wildman–Crippen MR) is 112 cm³/mol. The van der Waals surface area contributed by atoms with Crippen LogP contribution in [0.2, 0.25) is 0 Å². The fraction of sp³-hybridized carbons (Fsp3) is 0.500. The van der Waals surface area contributed by atoms with E-state index in [0.717, 1.165) is 38.6 Å². The van der Waals surface area contributed by atoms with Crippen molar-refractivity contribution in [2.45, 2.75) is 32.9 Å². The maximum Gasteiger partial charge on any atom is 0.191 e. The zero-order valence-corrected chi connectivity index (χ0v) is 16.9. The van der Waals surface area contributed by atoms with Crippen LogP contribution in [-0.4, -0.2) is 43.6 Å². The van der Waals surface area contributed by atoms with Crippen LogP contribution >= 0.6 is 24.0 Å². The van der Waals surface area contributed by atoms with Gasteiger partial charge < -0.3 is 10.6 Å². The van der Waals surface area contributed by atoms with Crippen molar-refractivity contribution in [3.63, 3.8) is 0 Å². The molecule has 0 bridgehead atoms. The van der Waals surface area contributed by atoms with Crippen LogP contribution in [0.5, 0.6) is 0 Å². The number of halogens is 1. The summed E-state index contributed by atoms with van der Waals surface area (Å²) in [6.45, 7) is 11.4. The number of rotatable bonds is 9. The molecule has 4 nitrogen and oxygen atoms in total. The highest BCUT2D eigenvalue weighted by atomic mass is 127. The highest BCUT2D eigenvalue weighted by molar-refractivity contribution is 14.0. The maximum absolute atomic E-state index is 4.60. The van der Waals surface area contributed by atoms with E-state index in [2.05, 4.69) is 78.3 Å². The summed E-state index contributed by atoms with van der Waals surface area (Å²) in [5.41, 5.74) is 1.35. The standard InChI is InChI=1S/C18H30N4.HI/c1-5-13-20-18(19-6-2)21-14-12-16(3)22(4)15-17-10-8-7-9-11-17;/h5,7-11,16H,1,6,12-15H2,2-4H3,(H2,19,20,21);1H. The first-order valence-corrected chi connectivity index (χ1v) is 8.04. The molecule has 130 valence electrons. The monoisotopic (exact) mass is 430 g/mol. The minimum absolute atomic E-state index is 0. The molecule has 1 unspecified atom stereocenters. The Labute approximate surface area is 158 Å². The summed E-state index contributed by atoms with van der Waals surface area (Å²) < 4.78 is 0. The lowest BCUT2D eigenvalue weighted by molar-refractivity contribution is 0.240. The Balaban J connectivity index is 0.00000484. The fourth-order valence-electron chi connectivity index (χ4n) is 2.12. The molecule has 0 spiro atoms. The van der Waals surface area contributed by atoms with Gasteiger partial charge in [-0.2, -0.15) is 0 Å². The SMILES string of the molecule is C=CCNC(=NCCC(C)N(C)Cc1ccccc1)NCC.I. The molecule has 0 saturated carbocycles. The lowest BCUT2D eigenvalue weighted by atomic mass is 10.1. The van der Waals surface area contributed by atoms with Gasteiger partial charge in [-0.15, -0.1) is 30.6 Å². The van der Waals surface area contributed by atoms with E-state index in [4.69, 9.17) is 0 Å². The molecular weight excluding hydrogens is 399 g/mol. The van der Waals surface area contributed by atoms with Gasteiger partial charge in [-0.1, -0.05) is 36.4 Å². The minimum Gasteiger partial charge on any atom is -0.357 e. The molecule has 0 fully saturated rings. The van der Waals surface area contributed by atoms with E-state index in [1.807, 2.05) is 6.08 Å². The number of guanidine groups is 1. The minimum atomic E-state index is 0. The molecule has 0 aliphatic rings. The molecule has 0 saturated heterocycles. The smallest absolute Gasteiger partial charge is 0.191 e. The van der Waals surface area contributed by atoms with Gasteiger partial charge in [0.2, 0.25) is 0 Å². The first-order chi connectivity index (χ1) is 10.7. The average Bonchev–Trinajstić information content (AvgIpc) is 2.53. The van der Waals surface area contributed by atoms with Crippen molar-refractivity contribution in [2.24, 2.45) is 4.99 Å². The Morgan fingerprint density at radius 2 is 2.00 bits per heavy atom. The molecule has 1 aromatic carbocycles. The van der Waals surface area contributed by atoms with E-state index in [1.54, 1.807) is 0 Å². The zero-order valence-electron chi connectivity index (χ0n) is 14.6. The van der Waals surface area contributed by atoms with Gasteiger partial charge in [0, 0.05) is 32.2 Å². The van der Waals surface area contributed by atoms with Gasteiger partial charge in [0.05, 0.1) is 0 Å². The number of nitrogens with one attached hydrogen (secondary N) is 2. The third-order valence-corrected chi connectivity index (χ3v) is 3.60. The summed E-state index contributed by atoms with van der Waals surface area (Å²) in [5, 5.41) is 6.46. The van der Waals surface area contributed by atoms with Gasteiger partial charge in [0.25, 0.3) is 0 Å². The molecule has 0 heterocycles. The number of aliphatic imine (C=N–C) groups is 1. The van der Waals surface area contributed by atoms with Crippen molar-refractivity contribution in [1.29, 1.82) is 0 Å². The second-order valence-corrected chi connectivity index (χ2v) is 5.47. The van der Waals surface area contributed by atoms with Gasteiger partial charge >= 0.3 is 0 Å². The Hall–Kier alpha value is -1.08. The van der Waals surface area contributed by atoms with E-state index < -0.39 is 0 Å². The quantitative estimate of drug-likeness (QED) is 0.274. The molecule has 1 atom stereocenters. The van der Waals surface area contributed by atoms with Crippen LogP contribution in [0.4, 0.5) is 0 Å². The normalized spacial score (nSPS) is 12.4. The van der Waals surface area contributed by atoms with Crippen molar-refractivity contribution in [2.75, 3.05) is 26.7 Å². The van der Waals surface area contributed by atoms with Crippen LogP contribution in [0.1, 0.15) is 25.8 Å². The average molecular weight is 430 g/mol. The molecule has 0 radical (unpaired) electrons. The number of hydrogen-bond acceptors (Lipinski definition) is 2. The molecule has 0 aliphatic heterocycles. The molecule has 0 amide bonds. The lowest BCUT2D eigenvalue weighted by Crippen LogP contribution is -2.37. The van der Waals surface area contributed by atoms with Crippen molar-refractivity contribution < 1.29 is 0 Å². The first-order valence-electron chi connectivity index (χ1n) is 8.04. The molecule has 5 heteroatoms. The Kier molecular flexibility index (Phi) is 12.7. The molecule has 0 aromatic heterocycles. The molecule has 0 aliphatic carbocycles. The van der Waals surface area contributed by atoms with Crippen LogP contribution in [-0.2, 0) is 6.54 Å². The first kappa shape index (κ1) is 21.9. The Morgan fingerprint density at radius 3 is 2.61 bits per heavy atom. The highest BCUT2D eigenvalue weighted by Crippen LogP contribution is 2.08. The Bertz CT molecular complexity index is 448. The van der Waals surface area contributed by atoms with E-state index in [1.165, 1.54) is 5.56 Å². The number of hydrogen-bond donors (Lipinski definition) is 2. The van der Waals surface area contributed by atoms with Gasteiger partial charge in [-0.05, 0) is 32.9 Å². The van der Waals surface area contributed by atoms with Gasteiger partial charge in [0.1, 0.15) is 0 Å². The summed E-state index contributed by atoms with van der Waals surface area (Å²) in [6, 6.07) is 11.1. The van der Waals surface area contributed by atoms with Crippen molar-refractivity contribution in [3.05, 3.63) is 48.6 Å². The summed E-state index contributed by atoms with van der Waals surface area (Å²) in [7, 11) is 2.17. The van der Waals surface area contributed by atoms with Crippen molar-refractivity contribution in [3.8, 4) is 0 Å². The van der Waals surface area contributed by atoms with E-state index >= 15 is 0 Å². The summed E-state index contributed by atoms with van der Waals surface area (Å²) >= 11 is 0. The van der Waals surface area contributed by atoms with Crippen LogP contribution < -0.4 is 10.6 Å². The summed E-state index contributed by atoms with van der Waals surface area (Å²) in [4.78, 5) is 6.97. The van der Waals surface area contributed by atoms with Crippen LogP contribution in [0.3, 0.4) is 0 Å². The topological polar surface area (TPSA) is 39.7 Å². The highest BCUT2D eigenvalue weighted by Gasteiger charge is 2.09. The van der Waals surface area contributed by atoms with Gasteiger partial charge in [-0.25, -0.2) is 0 Å². The summed E-state index contributed by atoms with van der Waals surface area (Å²) in [5.74, 6) is 0.861. The van der Waals surface area contributed by atoms with E-state index in [-0.39, 0.29) is 24.0 Å². The second-order valence-electron chi connectivity index (χ2n) is 5.47. The largest absolute Gasteiger partial charge is 0.357 e. The van der Waals surface area contributed by atoms with E-state index in [0.29, 0.717) is 6.04 Å². The lowest BCUT2D eigenvalue weighted by Gasteiger charge is -2.24. The van der Waals surface area contributed by atoms with Crippen LogP contribution in [0.25, 0.3) is 0 Å². The second kappa shape index (κ2) is 13.4.